The van der Waals surface area contributed by atoms with Crippen molar-refractivity contribution < 1.29 is 13.2 Å². The number of imidazole rings is 1. The Morgan fingerprint density at radius 2 is 2.00 bits per heavy atom. The first-order valence-electron chi connectivity index (χ1n) is 6.16. The fourth-order valence-electron chi connectivity index (χ4n) is 1.54. The molecule has 0 bridgehead atoms. The van der Waals surface area contributed by atoms with Gasteiger partial charge in [-0.05, 0) is 20.8 Å². The number of hydrogen-bond donors (Lipinski definition) is 2. The van der Waals surface area contributed by atoms with Gasteiger partial charge in [0.05, 0.1) is 6.54 Å². The van der Waals surface area contributed by atoms with Crippen molar-refractivity contribution in [1.29, 1.82) is 0 Å². The first-order valence-corrected chi connectivity index (χ1v) is 6.16. The van der Waals surface area contributed by atoms with E-state index in [9.17, 15) is 13.2 Å². The lowest BCUT2D eigenvalue weighted by Crippen LogP contribution is -2.47. The second kappa shape index (κ2) is 6.15. The third kappa shape index (κ3) is 5.94. The normalized spacial score (nSPS) is 13.4. The van der Waals surface area contributed by atoms with E-state index in [2.05, 4.69) is 20.6 Å². The molecular formula is C12H20F3N5. The number of hydrogen-bond acceptors (Lipinski definition) is 2. The number of nitrogens with one attached hydrogen (secondary N) is 2. The number of aliphatic imine (C=N–C) groups is 1. The Balaban J connectivity index is 2.64. The average Bonchev–Trinajstić information content (AvgIpc) is 2.67. The third-order valence-corrected chi connectivity index (χ3v) is 2.28. The van der Waals surface area contributed by atoms with E-state index < -0.39 is 12.7 Å². The largest absolute Gasteiger partial charge is 0.406 e. The number of aromatic nitrogens is 2. The molecule has 0 saturated carbocycles. The van der Waals surface area contributed by atoms with Crippen LogP contribution in [0.1, 0.15) is 26.6 Å². The minimum Gasteiger partial charge on any atom is -0.352 e. The Morgan fingerprint density at radius 1 is 1.35 bits per heavy atom. The van der Waals surface area contributed by atoms with Crippen molar-refractivity contribution >= 4 is 5.96 Å². The Morgan fingerprint density at radius 3 is 2.50 bits per heavy atom. The topological polar surface area (TPSA) is 54.2 Å². The summed E-state index contributed by atoms with van der Waals surface area (Å²) in [4.78, 5) is 7.93. The molecule has 0 aliphatic rings. The minimum atomic E-state index is -4.26. The molecule has 0 aliphatic carbocycles. The Hall–Kier alpha value is -1.73. The molecule has 0 radical (unpaired) electrons. The summed E-state index contributed by atoms with van der Waals surface area (Å²) in [5.74, 6) is 0.818. The number of guanidine groups is 1. The van der Waals surface area contributed by atoms with Gasteiger partial charge in [0, 0.05) is 25.0 Å². The lowest BCUT2D eigenvalue weighted by Gasteiger charge is -2.23. The van der Waals surface area contributed by atoms with Crippen LogP contribution in [-0.2, 0) is 13.1 Å². The van der Waals surface area contributed by atoms with Gasteiger partial charge in [-0.2, -0.15) is 13.2 Å². The lowest BCUT2D eigenvalue weighted by molar-refractivity contribution is -0.141. The van der Waals surface area contributed by atoms with E-state index in [0.29, 0.717) is 11.8 Å². The van der Waals surface area contributed by atoms with Gasteiger partial charge in [-0.25, -0.2) is 4.98 Å². The molecule has 0 unspecified atom stereocenters. The van der Waals surface area contributed by atoms with Crippen LogP contribution >= 0.6 is 0 Å². The second-order valence-corrected chi connectivity index (χ2v) is 5.39. The van der Waals surface area contributed by atoms with E-state index in [1.165, 1.54) is 12.4 Å². The van der Waals surface area contributed by atoms with Crippen LogP contribution in [0.4, 0.5) is 13.2 Å². The van der Waals surface area contributed by atoms with Gasteiger partial charge < -0.3 is 15.2 Å². The van der Waals surface area contributed by atoms with Gasteiger partial charge in [0.1, 0.15) is 12.4 Å². The molecule has 0 aliphatic heterocycles. The van der Waals surface area contributed by atoms with Crippen LogP contribution in [0.25, 0.3) is 0 Å². The van der Waals surface area contributed by atoms with Crippen LogP contribution in [0.3, 0.4) is 0 Å². The summed E-state index contributed by atoms with van der Waals surface area (Å²) in [5, 5.41) is 6.06. The average molecular weight is 291 g/mol. The monoisotopic (exact) mass is 291 g/mol. The maximum atomic E-state index is 12.4. The Labute approximate surface area is 116 Å². The molecule has 1 rings (SSSR count). The molecule has 5 nitrogen and oxygen atoms in total. The highest BCUT2D eigenvalue weighted by Gasteiger charge is 2.28. The molecule has 1 aromatic rings. The fourth-order valence-corrected chi connectivity index (χ4v) is 1.54. The number of rotatable bonds is 3. The van der Waals surface area contributed by atoms with Crippen molar-refractivity contribution in [2.75, 3.05) is 7.05 Å². The minimum absolute atomic E-state index is 0.166. The fraction of sp³-hybridized carbons (Fsp3) is 0.667. The highest BCUT2D eigenvalue weighted by Crippen LogP contribution is 2.18. The van der Waals surface area contributed by atoms with Gasteiger partial charge >= 0.3 is 6.18 Å². The molecule has 0 saturated heterocycles. The highest BCUT2D eigenvalue weighted by molar-refractivity contribution is 5.80. The maximum absolute atomic E-state index is 12.4. The summed E-state index contributed by atoms with van der Waals surface area (Å²) in [6.45, 7) is 5.01. The van der Waals surface area contributed by atoms with Crippen LogP contribution < -0.4 is 10.6 Å². The molecule has 114 valence electrons. The van der Waals surface area contributed by atoms with Gasteiger partial charge in [0.2, 0.25) is 0 Å². The van der Waals surface area contributed by atoms with Crippen LogP contribution in [0, 0.1) is 0 Å². The molecule has 2 N–H and O–H groups in total. The standard InChI is InChI=1S/C12H20F3N5/c1-11(2,3)19-10(16-4)18-7-9-17-5-6-20(9)8-12(13,14)15/h5-6H,7-8H2,1-4H3,(H2,16,18,19). The van der Waals surface area contributed by atoms with Gasteiger partial charge in [0.25, 0.3) is 0 Å². The zero-order valence-electron chi connectivity index (χ0n) is 12.0. The zero-order valence-corrected chi connectivity index (χ0v) is 12.0. The van der Waals surface area contributed by atoms with Crippen molar-refractivity contribution in [2.45, 2.75) is 45.6 Å². The molecule has 20 heavy (non-hydrogen) atoms. The molecule has 0 fully saturated rings. The van der Waals surface area contributed by atoms with Gasteiger partial charge in [-0.15, -0.1) is 0 Å². The molecule has 8 heteroatoms. The van der Waals surface area contributed by atoms with E-state index in [0.717, 1.165) is 4.57 Å². The summed E-state index contributed by atoms with van der Waals surface area (Å²) < 4.78 is 38.2. The van der Waals surface area contributed by atoms with E-state index >= 15 is 0 Å². The Kier molecular flexibility index (Phi) is 5.02. The lowest BCUT2D eigenvalue weighted by atomic mass is 10.1. The van der Waals surface area contributed by atoms with E-state index in [4.69, 9.17) is 0 Å². The zero-order chi connectivity index (χ0) is 15.4. The van der Waals surface area contributed by atoms with Crippen LogP contribution in [-0.4, -0.2) is 34.3 Å². The van der Waals surface area contributed by atoms with Crippen molar-refractivity contribution in [2.24, 2.45) is 4.99 Å². The third-order valence-electron chi connectivity index (χ3n) is 2.28. The number of alkyl halides is 3. The highest BCUT2D eigenvalue weighted by atomic mass is 19.4. The van der Waals surface area contributed by atoms with Gasteiger partial charge in [-0.3, -0.25) is 4.99 Å². The smallest absolute Gasteiger partial charge is 0.352 e. The van der Waals surface area contributed by atoms with Crippen molar-refractivity contribution in [3.8, 4) is 0 Å². The first kappa shape index (κ1) is 16.3. The summed E-state index contributed by atoms with van der Waals surface area (Å²) >= 11 is 0. The summed E-state index contributed by atoms with van der Waals surface area (Å²) in [6.07, 6.45) is -1.60. The quantitative estimate of drug-likeness (QED) is 0.661. The molecular weight excluding hydrogens is 271 g/mol. The van der Waals surface area contributed by atoms with Gasteiger partial charge in [-0.1, -0.05) is 0 Å². The first-order chi connectivity index (χ1) is 9.11. The van der Waals surface area contributed by atoms with Crippen molar-refractivity contribution in [1.82, 2.24) is 20.2 Å². The van der Waals surface area contributed by atoms with E-state index in [1.54, 1.807) is 7.05 Å². The van der Waals surface area contributed by atoms with Crippen molar-refractivity contribution in [3.63, 3.8) is 0 Å². The van der Waals surface area contributed by atoms with E-state index in [1.807, 2.05) is 20.8 Å². The second-order valence-electron chi connectivity index (χ2n) is 5.39. The van der Waals surface area contributed by atoms with Crippen LogP contribution in [0.2, 0.25) is 0 Å². The summed E-state index contributed by atoms with van der Waals surface area (Å²) in [5.41, 5.74) is -0.191. The number of halogens is 3. The SMILES string of the molecule is CN=C(NCc1nccn1CC(F)(F)F)NC(C)(C)C. The maximum Gasteiger partial charge on any atom is 0.406 e. The predicted octanol–water partition coefficient (Wildman–Crippen LogP) is 1.91. The Bertz CT molecular complexity index is 456. The molecule has 1 heterocycles. The summed E-state index contributed by atoms with van der Waals surface area (Å²) in [7, 11) is 1.60. The molecule has 1 aromatic heterocycles. The predicted molar refractivity (Wildman–Crippen MR) is 71.4 cm³/mol. The van der Waals surface area contributed by atoms with Gasteiger partial charge in [0.15, 0.2) is 5.96 Å². The van der Waals surface area contributed by atoms with Crippen molar-refractivity contribution in [3.05, 3.63) is 18.2 Å². The number of nitrogens with zero attached hydrogens (tertiary/aromatic N) is 3. The van der Waals surface area contributed by atoms with Crippen LogP contribution in [0.5, 0.6) is 0 Å². The molecule has 0 amide bonds. The van der Waals surface area contributed by atoms with Crippen LogP contribution in [0.15, 0.2) is 17.4 Å². The summed E-state index contributed by atoms with van der Waals surface area (Å²) in [6, 6.07) is 0. The molecule has 0 atom stereocenters. The molecule has 0 spiro atoms. The molecule has 0 aromatic carbocycles. The van der Waals surface area contributed by atoms with E-state index in [-0.39, 0.29) is 12.1 Å².